The molecule has 3 aromatic carbocycles. The zero-order valence-electron chi connectivity index (χ0n) is 10.9. The van der Waals surface area contributed by atoms with E-state index in [1.807, 2.05) is 0 Å². The van der Waals surface area contributed by atoms with E-state index in [2.05, 4.69) is 89.3 Å². The van der Waals surface area contributed by atoms with Crippen LogP contribution < -0.4 is 0 Å². The lowest BCUT2D eigenvalue weighted by Crippen LogP contribution is -1.83. The highest BCUT2D eigenvalue weighted by Gasteiger charge is 2.18. The van der Waals surface area contributed by atoms with Crippen molar-refractivity contribution in [3.63, 3.8) is 0 Å². The molecule has 4 rings (SSSR count). The van der Waals surface area contributed by atoms with Gasteiger partial charge in [0.1, 0.15) is 0 Å². The number of fused-ring (bicyclic) bond motifs is 3. The minimum atomic E-state index is 1.06. The average Bonchev–Trinajstić information content (AvgIpc) is 2.85. The summed E-state index contributed by atoms with van der Waals surface area (Å²) in [6.45, 7) is 0. The lowest BCUT2D eigenvalue weighted by Gasteiger charge is -2.05. The van der Waals surface area contributed by atoms with E-state index < -0.39 is 0 Å². The molecule has 0 N–H and O–H groups in total. The van der Waals surface area contributed by atoms with E-state index in [1.165, 1.54) is 37.0 Å². The van der Waals surface area contributed by atoms with E-state index in [0.29, 0.717) is 0 Å². The summed E-state index contributed by atoms with van der Waals surface area (Å²) in [5, 5.41) is 0. The van der Waals surface area contributed by atoms with Gasteiger partial charge in [-0.2, -0.15) is 0 Å². The molecule has 0 radical (unpaired) electrons. The summed E-state index contributed by atoms with van der Waals surface area (Å²) in [5.74, 6) is 0. The molecule has 0 bridgehead atoms. The fourth-order valence-electron chi connectivity index (χ4n) is 2.97. The van der Waals surface area contributed by atoms with Crippen LogP contribution in [0.3, 0.4) is 0 Å². The molecule has 1 heteroatoms. The molecule has 0 fully saturated rings. The highest BCUT2D eigenvalue weighted by Crippen LogP contribution is 2.39. The summed E-state index contributed by atoms with van der Waals surface area (Å²) in [5.41, 5.74) is 8.31. The first-order valence-corrected chi connectivity index (χ1v) is 7.86. The number of hydrogen-bond donors (Lipinski definition) is 0. The summed E-state index contributed by atoms with van der Waals surface area (Å²) in [6.07, 6.45) is 1.06. The minimum Gasteiger partial charge on any atom is -0.0622 e. The number of halogens is 1. The monoisotopic (exact) mass is 368 g/mol. The van der Waals surface area contributed by atoms with Crippen molar-refractivity contribution in [3.8, 4) is 22.3 Å². The molecule has 3 aromatic rings. The van der Waals surface area contributed by atoms with E-state index in [0.717, 1.165) is 6.42 Å². The molecular weight excluding hydrogens is 355 g/mol. The maximum atomic E-state index is 2.39. The van der Waals surface area contributed by atoms with Crippen LogP contribution in [0.15, 0.2) is 66.7 Å². The van der Waals surface area contributed by atoms with Crippen LogP contribution in [0.1, 0.15) is 11.1 Å². The smallest absolute Gasteiger partial charge is 0.0136 e. The predicted octanol–water partition coefficient (Wildman–Crippen LogP) is 5.53. The van der Waals surface area contributed by atoms with Crippen molar-refractivity contribution in [1.29, 1.82) is 0 Å². The second-order valence-corrected chi connectivity index (χ2v) is 6.46. The molecule has 0 atom stereocenters. The van der Waals surface area contributed by atoms with Gasteiger partial charge in [-0.15, -0.1) is 0 Å². The predicted molar refractivity (Wildman–Crippen MR) is 92.8 cm³/mol. The summed E-state index contributed by atoms with van der Waals surface area (Å²) in [4.78, 5) is 0. The van der Waals surface area contributed by atoms with Crippen LogP contribution in [0.2, 0.25) is 0 Å². The maximum absolute atomic E-state index is 2.39. The van der Waals surface area contributed by atoms with Crippen molar-refractivity contribution in [1.82, 2.24) is 0 Å². The third-order valence-electron chi connectivity index (χ3n) is 3.96. The van der Waals surface area contributed by atoms with Gasteiger partial charge in [-0.25, -0.2) is 0 Å². The molecule has 0 aromatic heterocycles. The quantitative estimate of drug-likeness (QED) is 0.388. The van der Waals surface area contributed by atoms with Crippen LogP contribution in [0, 0.1) is 3.57 Å². The van der Waals surface area contributed by atoms with Gasteiger partial charge in [0.05, 0.1) is 0 Å². The van der Waals surface area contributed by atoms with Gasteiger partial charge in [0, 0.05) is 3.57 Å². The van der Waals surface area contributed by atoms with E-state index in [4.69, 9.17) is 0 Å². The van der Waals surface area contributed by atoms with Gasteiger partial charge in [0.15, 0.2) is 0 Å². The number of rotatable bonds is 1. The fraction of sp³-hybridized carbons (Fsp3) is 0.0526. The van der Waals surface area contributed by atoms with Crippen molar-refractivity contribution in [3.05, 3.63) is 81.4 Å². The molecule has 0 unspecified atom stereocenters. The van der Waals surface area contributed by atoms with Gasteiger partial charge in [-0.3, -0.25) is 0 Å². The lowest BCUT2D eigenvalue weighted by atomic mass is 9.99. The molecule has 96 valence electrons. The molecular formula is C19H13I. The van der Waals surface area contributed by atoms with E-state index in [-0.39, 0.29) is 0 Å². The Labute approximate surface area is 132 Å². The van der Waals surface area contributed by atoms with Gasteiger partial charge < -0.3 is 0 Å². The summed E-state index contributed by atoms with van der Waals surface area (Å²) in [7, 11) is 0. The van der Waals surface area contributed by atoms with Crippen molar-refractivity contribution in [2.24, 2.45) is 0 Å². The van der Waals surface area contributed by atoms with E-state index >= 15 is 0 Å². The van der Waals surface area contributed by atoms with E-state index in [9.17, 15) is 0 Å². The van der Waals surface area contributed by atoms with Crippen molar-refractivity contribution < 1.29 is 0 Å². The molecule has 0 heterocycles. The van der Waals surface area contributed by atoms with Crippen LogP contribution in [-0.2, 0) is 6.42 Å². The Kier molecular flexibility index (Phi) is 2.88. The Bertz CT molecular complexity index is 788. The van der Waals surface area contributed by atoms with Gasteiger partial charge in [0.25, 0.3) is 0 Å². The van der Waals surface area contributed by atoms with Gasteiger partial charge in [0.2, 0.25) is 0 Å². The first-order chi connectivity index (χ1) is 9.81. The second kappa shape index (κ2) is 4.74. The molecule has 20 heavy (non-hydrogen) atoms. The van der Waals surface area contributed by atoms with Crippen LogP contribution in [0.5, 0.6) is 0 Å². The molecule has 1 aliphatic rings. The molecule has 0 spiro atoms. The first-order valence-electron chi connectivity index (χ1n) is 6.78. The molecule has 0 amide bonds. The third-order valence-corrected chi connectivity index (χ3v) is 4.63. The summed E-state index contributed by atoms with van der Waals surface area (Å²) in [6, 6.07) is 24.2. The first kappa shape index (κ1) is 12.2. The molecule has 1 aliphatic carbocycles. The minimum absolute atomic E-state index is 1.06. The molecule has 0 aliphatic heterocycles. The van der Waals surface area contributed by atoms with Crippen molar-refractivity contribution in [2.45, 2.75) is 6.42 Å². The average molecular weight is 368 g/mol. The molecule has 0 nitrogen and oxygen atoms in total. The molecule has 0 saturated carbocycles. The fourth-order valence-corrected chi connectivity index (χ4v) is 3.46. The largest absolute Gasteiger partial charge is 0.0622 e. The Morgan fingerprint density at radius 1 is 0.650 bits per heavy atom. The molecule has 0 saturated heterocycles. The zero-order chi connectivity index (χ0) is 13.5. The number of hydrogen-bond acceptors (Lipinski definition) is 0. The number of benzene rings is 3. The van der Waals surface area contributed by atoms with Crippen LogP contribution >= 0.6 is 22.6 Å². The van der Waals surface area contributed by atoms with Crippen molar-refractivity contribution in [2.75, 3.05) is 0 Å². The van der Waals surface area contributed by atoms with Crippen molar-refractivity contribution >= 4 is 22.6 Å². The SMILES string of the molecule is Ic1ccc2c(c1)-c1ccc(-c3ccccc3)cc1C2. The van der Waals surface area contributed by atoms with Gasteiger partial charge in [-0.1, -0.05) is 54.6 Å². The highest BCUT2D eigenvalue weighted by molar-refractivity contribution is 14.1. The Balaban J connectivity index is 1.84. The van der Waals surface area contributed by atoms with Crippen LogP contribution in [0.25, 0.3) is 22.3 Å². The lowest BCUT2D eigenvalue weighted by molar-refractivity contribution is 1.26. The van der Waals surface area contributed by atoms with E-state index in [1.54, 1.807) is 0 Å². The summed E-state index contributed by atoms with van der Waals surface area (Å²) < 4.78 is 1.31. The van der Waals surface area contributed by atoms with Crippen LogP contribution in [-0.4, -0.2) is 0 Å². The van der Waals surface area contributed by atoms with Crippen LogP contribution in [0.4, 0.5) is 0 Å². The Morgan fingerprint density at radius 2 is 1.50 bits per heavy atom. The maximum Gasteiger partial charge on any atom is 0.0136 e. The Hall–Kier alpha value is -1.61. The topological polar surface area (TPSA) is 0 Å². The normalized spacial score (nSPS) is 12.1. The standard InChI is InChI=1S/C19H13I/c20-17-8-6-15-11-16-10-14(13-4-2-1-3-5-13)7-9-18(16)19(15)12-17/h1-10,12H,11H2. The summed E-state index contributed by atoms with van der Waals surface area (Å²) >= 11 is 2.39. The van der Waals surface area contributed by atoms with Gasteiger partial charge >= 0.3 is 0 Å². The van der Waals surface area contributed by atoms with Gasteiger partial charge in [-0.05, 0) is 74.5 Å². The zero-order valence-corrected chi connectivity index (χ0v) is 13.1. The Morgan fingerprint density at radius 3 is 2.35 bits per heavy atom. The highest BCUT2D eigenvalue weighted by atomic mass is 127. The second-order valence-electron chi connectivity index (χ2n) is 5.22. The third kappa shape index (κ3) is 1.97.